The molecule has 0 aliphatic rings. The molecule has 1 heterocycles. The van der Waals surface area contributed by atoms with Crippen molar-refractivity contribution in [3.05, 3.63) is 36.0 Å². The molecule has 4 heteroatoms. The van der Waals surface area contributed by atoms with E-state index in [2.05, 4.69) is 11.1 Å². The van der Waals surface area contributed by atoms with Crippen molar-refractivity contribution in [2.24, 2.45) is 4.75 Å². The van der Waals surface area contributed by atoms with Crippen molar-refractivity contribution >= 4 is 30.5 Å². The number of para-hydroxylation sites is 1. The maximum absolute atomic E-state index is 8.85. The number of hydrogen-bond donors (Lipinski definition) is 1. The molecule has 0 unspecified atom stereocenters. The van der Waals surface area contributed by atoms with Gasteiger partial charge in [-0.3, -0.25) is 0 Å². The van der Waals surface area contributed by atoms with Crippen molar-refractivity contribution in [3.63, 3.8) is 0 Å². The quantitative estimate of drug-likeness (QED) is 0.739. The van der Waals surface area contributed by atoms with Crippen LogP contribution in [0.3, 0.4) is 0 Å². The minimum atomic E-state index is -0.178. The molecule has 2 rings (SSSR count). The van der Waals surface area contributed by atoms with E-state index >= 15 is 0 Å². The molecule has 2 aromatic rings. The van der Waals surface area contributed by atoms with E-state index in [4.69, 9.17) is 10.0 Å². The third-order valence-electron chi connectivity index (χ3n) is 1.92. The van der Waals surface area contributed by atoms with Crippen LogP contribution >= 0.6 is 0 Å². The normalized spacial score (nSPS) is 10.0. The van der Waals surface area contributed by atoms with Crippen LogP contribution in [0, 0.1) is 11.3 Å². The molecule has 0 atom stereocenters. The van der Waals surface area contributed by atoms with Crippen molar-refractivity contribution < 1.29 is 0 Å². The molecule has 1 aromatic carbocycles. The van der Waals surface area contributed by atoms with Crippen LogP contribution in [0.1, 0.15) is 5.69 Å². The summed E-state index contributed by atoms with van der Waals surface area (Å²) in [7, 11) is 0. The van der Waals surface area contributed by atoms with Gasteiger partial charge in [0, 0.05) is 0 Å². The van der Waals surface area contributed by atoms with E-state index in [0.29, 0.717) is 5.69 Å². The van der Waals surface area contributed by atoms with Gasteiger partial charge in [-0.1, -0.05) is 0 Å². The van der Waals surface area contributed by atoms with Crippen LogP contribution in [-0.2, 0) is 0 Å². The summed E-state index contributed by atoms with van der Waals surface area (Å²) >= 11 is -0.178. The SMILES string of the molecule is N#Cc1nc2ccccc2cc1[Se]N. The first kappa shape index (κ1) is 9.17. The summed E-state index contributed by atoms with van der Waals surface area (Å²) in [5.41, 5.74) is 1.29. The maximum atomic E-state index is 8.85. The molecule has 2 N–H and O–H groups in total. The van der Waals surface area contributed by atoms with Crippen molar-refractivity contribution in [2.45, 2.75) is 0 Å². The third kappa shape index (κ3) is 1.49. The topological polar surface area (TPSA) is 62.7 Å². The molecule has 0 aliphatic carbocycles. The summed E-state index contributed by atoms with van der Waals surface area (Å²) in [6.07, 6.45) is 0. The van der Waals surface area contributed by atoms with Crippen LogP contribution in [-0.4, -0.2) is 20.2 Å². The molecular formula is C10H7N3Se. The van der Waals surface area contributed by atoms with Gasteiger partial charge < -0.3 is 0 Å². The van der Waals surface area contributed by atoms with Crippen LogP contribution in [0.25, 0.3) is 10.9 Å². The van der Waals surface area contributed by atoms with Gasteiger partial charge in [0.2, 0.25) is 0 Å². The summed E-state index contributed by atoms with van der Waals surface area (Å²) in [6.45, 7) is 0. The Hall–Kier alpha value is -1.40. The van der Waals surface area contributed by atoms with Crippen LogP contribution in [0.2, 0.25) is 0 Å². The zero-order chi connectivity index (χ0) is 9.97. The fourth-order valence-corrected chi connectivity index (χ4v) is 2.10. The standard InChI is InChI=1S/C10H7N3Se/c11-6-9-10(14-12)5-7-3-1-2-4-8(7)13-9/h1-5H,12H2. The fraction of sp³-hybridized carbons (Fsp3) is 0. The number of nitrogens with two attached hydrogens (primary N) is 1. The van der Waals surface area contributed by atoms with Crippen molar-refractivity contribution in [2.75, 3.05) is 0 Å². The van der Waals surface area contributed by atoms with Crippen LogP contribution < -0.4 is 9.21 Å². The van der Waals surface area contributed by atoms with Crippen molar-refractivity contribution in [3.8, 4) is 6.07 Å². The molecular weight excluding hydrogens is 241 g/mol. The molecule has 68 valence electrons. The number of fused-ring (bicyclic) bond motifs is 1. The number of aromatic nitrogens is 1. The number of pyridine rings is 1. The number of nitrogens with zero attached hydrogens (tertiary/aromatic N) is 2. The summed E-state index contributed by atoms with van der Waals surface area (Å²) < 4.78 is 6.45. The van der Waals surface area contributed by atoms with E-state index in [1.807, 2.05) is 30.3 Å². The average molecular weight is 248 g/mol. The zero-order valence-electron chi connectivity index (χ0n) is 7.27. The monoisotopic (exact) mass is 249 g/mol. The Kier molecular flexibility index (Phi) is 2.47. The van der Waals surface area contributed by atoms with Gasteiger partial charge in [0.05, 0.1) is 0 Å². The number of hydrogen-bond acceptors (Lipinski definition) is 3. The molecule has 0 saturated carbocycles. The second kappa shape index (κ2) is 3.77. The van der Waals surface area contributed by atoms with E-state index in [0.717, 1.165) is 15.4 Å². The first-order chi connectivity index (χ1) is 6.85. The summed E-state index contributed by atoms with van der Waals surface area (Å²) in [4.78, 5) is 4.24. The van der Waals surface area contributed by atoms with Gasteiger partial charge in [-0.25, -0.2) is 0 Å². The summed E-state index contributed by atoms with van der Waals surface area (Å²) in [5, 5.41) is 9.89. The Bertz CT molecular complexity index is 516. The molecule has 3 nitrogen and oxygen atoms in total. The zero-order valence-corrected chi connectivity index (χ0v) is 8.98. The van der Waals surface area contributed by atoms with E-state index in [-0.39, 0.29) is 15.2 Å². The van der Waals surface area contributed by atoms with Crippen LogP contribution in [0.5, 0.6) is 0 Å². The molecule has 0 fully saturated rings. The summed E-state index contributed by atoms with van der Waals surface area (Å²) in [5.74, 6) is 0. The first-order valence-electron chi connectivity index (χ1n) is 4.02. The third-order valence-corrected chi connectivity index (χ3v) is 3.11. The number of rotatable bonds is 1. The Morgan fingerprint density at radius 2 is 2.14 bits per heavy atom. The van der Waals surface area contributed by atoms with Crippen LogP contribution in [0.4, 0.5) is 0 Å². The number of nitriles is 1. The molecule has 0 aliphatic heterocycles. The van der Waals surface area contributed by atoms with E-state index in [1.54, 1.807) is 0 Å². The summed E-state index contributed by atoms with van der Waals surface area (Å²) in [6, 6.07) is 11.7. The average Bonchev–Trinajstić information content (AvgIpc) is 2.27. The van der Waals surface area contributed by atoms with E-state index < -0.39 is 0 Å². The number of benzene rings is 1. The molecule has 0 amide bonds. The fourth-order valence-electron chi connectivity index (χ4n) is 1.27. The van der Waals surface area contributed by atoms with Gasteiger partial charge in [0.1, 0.15) is 0 Å². The Balaban J connectivity index is 2.77. The molecule has 0 bridgehead atoms. The second-order valence-electron chi connectivity index (χ2n) is 2.76. The molecule has 14 heavy (non-hydrogen) atoms. The second-order valence-corrected chi connectivity index (χ2v) is 4.17. The van der Waals surface area contributed by atoms with Gasteiger partial charge in [-0.2, -0.15) is 0 Å². The predicted octanol–water partition coefficient (Wildman–Crippen LogP) is 0.310. The van der Waals surface area contributed by atoms with Crippen molar-refractivity contribution in [1.29, 1.82) is 5.26 Å². The Labute approximate surface area is 87.9 Å². The molecule has 0 radical (unpaired) electrons. The van der Waals surface area contributed by atoms with Gasteiger partial charge in [-0.05, 0) is 0 Å². The van der Waals surface area contributed by atoms with Gasteiger partial charge in [0.15, 0.2) is 0 Å². The van der Waals surface area contributed by atoms with E-state index in [9.17, 15) is 0 Å². The van der Waals surface area contributed by atoms with Gasteiger partial charge in [0.25, 0.3) is 0 Å². The minimum absolute atomic E-state index is 0.178. The Morgan fingerprint density at radius 3 is 2.86 bits per heavy atom. The van der Waals surface area contributed by atoms with Crippen LogP contribution in [0.15, 0.2) is 30.3 Å². The van der Waals surface area contributed by atoms with Gasteiger partial charge in [-0.15, -0.1) is 0 Å². The van der Waals surface area contributed by atoms with Crippen molar-refractivity contribution in [1.82, 2.24) is 4.98 Å². The molecule has 0 saturated heterocycles. The molecule has 1 aromatic heterocycles. The predicted molar refractivity (Wildman–Crippen MR) is 56.0 cm³/mol. The van der Waals surface area contributed by atoms with E-state index in [1.165, 1.54) is 0 Å². The molecule has 0 spiro atoms. The Morgan fingerprint density at radius 1 is 1.36 bits per heavy atom. The van der Waals surface area contributed by atoms with Gasteiger partial charge >= 0.3 is 87.6 Å². The first-order valence-corrected chi connectivity index (χ1v) is 5.86.